The van der Waals surface area contributed by atoms with Crippen molar-refractivity contribution in [2.75, 3.05) is 16.8 Å². The Labute approximate surface area is 146 Å². The molecule has 0 aliphatic carbocycles. The average molecular weight is 343 g/mol. The van der Waals surface area contributed by atoms with Crippen LogP contribution in [0.3, 0.4) is 0 Å². The van der Waals surface area contributed by atoms with E-state index < -0.39 is 0 Å². The van der Waals surface area contributed by atoms with Crippen LogP contribution in [0.15, 0.2) is 42.5 Å². The first-order chi connectivity index (χ1) is 11.5. The van der Waals surface area contributed by atoms with Gasteiger partial charge in [-0.2, -0.15) is 0 Å². The van der Waals surface area contributed by atoms with Crippen LogP contribution in [0.1, 0.15) is 17.5 Å². The van der Waals surface area contributed by atoms with Gasteiger partial charge in [0.25, 0.3) is 0 Å². The molecule has 2 aromatic rings. The molecule has 1 saturated heterocycles. The van der Waals surface area contributed by atoms with Gasteiger partial charge in [-0.3, -0.25) is 9.59 Å². The highest BCUT2D eigenvalue weighted by Gasteiger charge is 2.35. The molecule has 1 N–H and O–H groups in total. The van der Waals surface area contributed by atoms with E-state index in [2.05, 4.69) is 5.32 Å². The van der Waals surface area contributed by atoms with Crippen molar-refractivity contribution in [1.82, 2.24) is 0 Å². The first-order valence-electron chi connectivity index (χ1n) is 7.88. The number of hydrogen-bond acceptors (Lipinski definition) is 2. The van der Waals surface area contributed by atoms with Crippen molar-refractivity contribution >= 4 is 34.8 Å². The summed E-state index contributed by atoms with van der Waals surface area (Å²) < 4.78 is 0. The van der Waals surface area contributed by atoms with E-state index in [4.69, 9.17) is 11.6 Å². The largest absolute Gasteiger partial charge is 0.324 e. The molecule has 0 aromatic heterocycles. The fourth-order valence-electron chi connectivity index (χ4n) is 2.82. The zero-order valence-electron chi connectivity index (χ0n) is 13.7. The number of carbonyl (C=O) groups excluding carboxylic acids is 2. The van der Waals surface area contributed by atoms with Crippen molar-refractivity contribution in [3.8, 4) is 0 Å². The Morgan fingerprint density at radius 1 is 1.17 bits per heavy atom. The summed E-state index contributed by atoms with van der Waals surface area (Å²) in [5.41, 5.74) is 3.72. The fraction of sp³-hybridized carbons (Fsp3) is 0.263. The molecule has 24 heavy (non-hydrogen) atoms. The van der Waals surface area contributed by atoms with Gasteiger partial charge in [-0.1, -0.05) is 29.8 Å². The van der Waals surface area contributed by atoms with Crippen molar-refractivity contribution in [1.29, 1.82) is 0 Å². The van der Waals surface area contributed by atoms with Crippen LogP contribution in [-0.4, -0.2) is 18.4 Å². The third-order valence-electron chi connectivity index (χ3n) is 4.43. The Kier molecular flexibility index (Phi) is 4.58. The van der Waals surface area contributed by atoms with Gasteiger partial charge in [0, 0.05) is 18.7 Å². The number of benzene rings is 2. The number of anilines is 2. The molecule has 1 heterocycles. The number of halogens is 1. The van der Waals surface area contributed by atoms with Gasteiger partial charge in [-0.15, -0.1) is 0 Å². The number of para-hydroxylation sites is 1. The molecule has 1 fully saturated rings. The minimum absolute atomic E-state index is 0.0300. The number of amides is 2. The van der Waals surface area contributed by atoms with Gasteiger partial charge in [-0.25, -0.2) is 0 Å². The molecule has 1 atom stereocenters. The number of nitrogens with one attached hydrogen (secondary N) is 1. The number of nitrogens with zero attached hydrogens (tertiary/aromatic N) is 1. The van der Waals surface area contributed by atoms with Crippen molar-refractivity contribution in [2.45, 2.75) is 20.3 Å². The Hall–Kier alpha value is -2.33. The zero-order valence-corrected chi connectivity index (χ0v) is 14.4. The first kappa shape index (κ1) is 16.5. The molecular weight excluding hydrogens is 324 g/mol. The summed E-state index contributed by atoms with van der Waals surface area (Å²) in [6.07, 6.45) is 0.212. The topological polar surface area (TPSA) is 49.4 Å². The van der Waals surface area contributed by atoms with E-state index in [0.29, 0.717) is 17.3 Å². The van der Waals surface area contributed by atoms with Crippen LogP contribution >= 0.6 is 11.6 Å². The molecule has 1 aliphatic heterocycles. The standard InChI is InChI=1S/C19H19ClN2O2/c1-12-7-8-15(9-13(12)2)22-11-14(10-18(22)23)19(24)21-17-6-4-3-5-16(17)20/h3-9,14H,10-11H2,1-2H3,(H,21,24)/t14-/m0/s1. The van der Waals surface area contributed by atoms with E-state index in [9.17, 15) is 9.59 Å². The maximum Gasteiger partial charge on any atom is 0.229 e. The lowest BCUT2D eigenvalue weighted by Gasteiger charge is -2.18. The third-order valence-corrected chi connectivity index (χ3v) is 4.76. The van der Waals surface area contributed by atoms with Crippen molar-refractivity contribution in [2.24, 2.45) is 5.92 Å². The lowest BCUT2D eigenvalue weighted by Crippen LogP contribution is -2.28. The number of carbonyl (C=O) groups is 2. The molecule has 0 radical (unpaired) electrons. The zero-order chi connectivity index (χ0) is 17.3. The van der Waals surface area contributed by atoms with Gasteiger partial charge in [0.15, 0.2) is 0 Å². The molecule has 2 amide bonds. The van der Waals surface area contributed by atoms with Crippen molar-refractivity contribution in [3.05, 3.63) is 58.6 Å². The highest BCUT2D eigenvalue weighted by molar-refractivity contribution is 6.33. The second kappa shape index (κ2) is 6.65. The lowest BCUT2D eigenvalue weighted by atomic mass is 10.1. The summed E-state index contributed by atoms with van der Waals surface area (Å²) in [6.45, 7) is 4.43. The molecular formula is C19H19ClN2O2. The van der Waals surface area contributed by atoms with E-state index in [1.54, 1.807) is 23.1 Å². The Bertz CT molecular complexity index is 804. The van der Waals surface area contributed by atoms with Crippen molar-refractivity contribution in [3.63, 3.8) is 0 Å². The summed E-state index contributed by atoms with van der Waals surface area (Å²) >= 11 is 6.07. The molecule has 4 nitrogen and oxygen atoms in total. The van der Waals surface area contributed by atoms with Gasteiger partial charge < -0.3 is 10.2 Å². The minimum atomic E-state index is -0.379. The highest BCUT2D eigenvalue weighted by Crippen LogP contribution is 2.28. The number of aryl methyl sites for hydroxylation is 2. The molecule has 124 valence electrons. The predicted molar refractivity (Wildman–Crippen MR) is 96.5 cm³/mol. The van der Waals surface area contributed by atoms with Gasteiger partial charge in [0.1, 0.15) is 0 Å². The van der Waals surface area contributed by atoms with Crippen LogP contribution in [0, 0.1) is 19.8 Å². The summed E-state index contributed by atoms with van der Waals surface area (Å²) in [4.78, 5) is 26.5. The quantitative estimate of drug-likeness (QED) is 0.918. The Morgan fingerprint density at radius 2 is 1.92 bits per heavy atom. The molecule has 0 unspecified atom stereocenters. The summed E-state index contributed by atoms with van der Waals surface area (Å²) in [7, 11) is 0. The first-order valence-corrected chi connectivity index (χ1v) is 8.26. The SMILES string of the molecule is Cc1ccc(N2C[C@@H](C(=O)Nc3ccccc3Cl)CC2=O)cc1C. The van der Waals surface area contributed by atoms with Crippen LogP contribution in [0.2, 0.25) is 5.02 Å². The highest BCUT2D eigenvalue weighted by atomic mass is 35.5. The minimum Gasteiger partial charge on any atom is -0.324 e. The molecule has 0 saturated carbocycles. The average Bonchev–Trinajstić information content (AvgIpc) is 2.94. The maximum absolute atomic E-state index is 12.5. The van der Waals surface area contributed by atoms with Gasteiger partial charge in [0.05, 0.1) is 16.6 Å². The fourth-order valence-corrected chi connectivity index (χ4v) is 3.01. The van der Waals surface area contributed by atoms with E-state index >= 15 is 0 Å². The molecule has 3 rings (SSSR count). The Morgan fingerprint density at radius 3 is 2.62 bits per heavy atom. The molecule has 0 spiro atoms. The summed E-state index contributed by atoms with van der Waals surface area (Å²) in [5.74, 6) is -0.587. The van der Waals surface area contributed by atoms with Crippen LogP contribution < -0.4 is 10.2 Å². The van der Waals surface area contributed by atoms with Crippen molar-refractivity contribution < 1.29 is 9.59 Å². The number of rotatable bonds is 3. The predicted octanol–water partition coefficient (Wildman–Crippen LogP) is 3.95. The maximum atomic E-state index is 12.5. The molecule has 1 aliphatic rings. The monoisotopic (exact) mass is 342 g/mol. The summed E-state index contributed by atoms with van der Waals surface area (Å²) in [6, 6.07) is 13.0. The molecule has 0 bridgehead atoms. The lowest BCUT2D eigenvalue weighted by molar-refractivity contribution is -0.122. The second-order valence-corrected chi connectivity index (χ2v) is 6.55. The van der Waals surface area contributed by atoms with Crippen LogP contribution in [0.25, 0.3) is 0 Å². The van der Waals surface area contributed by atoms with Crippen LogP contribution in [-0.2, 0) is 9.59 Å². The molecule has 5 heteroatoms. The van der Waals surface area contributed by atoms with Gasteiger partial charge >= 0.3 is 0 Å². The van der Waals surface area contributed by atoms with E-state index in [1.165, 1.54) is 5.56 Å². The molecule has 2 aromatic carbocycles. The van der Waals surface area contributed by atoms with Gasteiger partial charge in [-0.05, 0) is 49.2 Å². The summed E-state index contributed by atoms with van der Waals surface area (Å²) in [5, 5.41) is 3.30. The van der Waals surface area contributed by atoms with E-state index in [0.717, 1.165) is 11.3 Å². The number of hydrogen-bond donors (Lipinski definition) is 1. The van der Waals surface area contributed by atoms with Gasteiger partial charge in [0.2, 0.25) is 11.8 Å². The second-order valence-electron chi connectivity index (χ2n) is 6.14. The van der Waals surface area contributed by atoms with Crippen LogP contribution in [0.5, 0.6) is 0 Å². The Balaban J connectivity index is 1.73. The third kappa shape index (κ3) is 3.29. The smallest absolute Gasteiger partial charge is 0.229 e. The van der Waals surface area contributed by atoms with E-state index in [1.807, 2.05) is 38.1 Å². The van der Waals surface area contributed by atoms with E-state index in [-0.39, 0.29) is 24.2 Å². The normalized spacial score (nSPS) is 17.2. The van der Waals surface area contributed by atoms with Crippen LogP contribution in [0.4, 0.5) is 11.4 Å².